The van der Waals surface area contributed by atoms with Crippen LogP contribution in [-0.4, -0.2) is 24.0 Å². The van der Waals surface area contributed by atoms with E-state index < -0.39 is 16.9 Å². The Bertz CT molecular complexity index is 445. The van der Waals surface area contributed by atoms with Crippen LogP contribution in [0.4, 0.5) is 11.4 Å². The first-order valence-electron chi connectivity index (χ1n) is 5.55. The van der Waals surface area contributed by atoms with E-state index in [0.29, 0.717) is 5.69 Å². The highest BCUT2D eigenvalue weighted by atomic mass is 16.6. The molecule has 0 aromatic heterocycles. The molecular weight excluding hydrogens is 236 g/mol. The van der Waals surface area contributed by atoms with Crippen LogP contribution in [0.3, 0.4) is 0 Å². The highest BCUT2D eigenvalue weighted by molar-refractivity contribution is 5.80. The number of nitro benzene ring substituents is 1. The van der Waals surface area contributed by atoms with Gasteiger partial charge in [-0.2, -0.15) is 0 Å². The molecule has 0 unspecified atom stereocenters. The number of benzene rings is 1. The van der Waals surface area contributed by atoms with Crippen LogP contribution >= 0.6 is 0 Å². The molecule has 0 spiro atoms. The monoisotopic (exact) mass is 252 g/mol. The number of hydrogen-bond donors (Lipinski definition) is 1. The summed E-state index contributed by atoms with van der Waals surface area (Å²) in [7, 11) is 1.29. The zero-order valence-electron chi connectivity index (χ0n) is 10.5. The molecule has 0 aliphatic rings. The Labute approximate surface area is 105 Å². The van der Waals surface area contributed by atoms with Crippen LogP contribution in [0, 0.1) is 16.0 Å². The Morgan fingerprint density at radius 3 is 2.50 bits per heavy atom. The summed E-state index contributed by atoms with van der Waals surface area (Å²) in [6, 6.07) is 5.58. The van der Waals surface area contributed by atoms with Gasteiger partial charge in [0.2, 0.25) is 0 Å². The van der Waals surface area contributed by atoms with Gasteiger partial charge in [-0.1, -0.05) is 26.0 Å². The van der Waals surface area contributed by atoms with E-state index in [-0.39, 0.29) is 11.6 Å². The average Bonchev–Trinajstić information content (AvgIpc) is 2.34. The molecule has 1 N–H and O–H groups in total. The summed E-state index contributed by atoms with van der Waals surface area (Å²) >= 11 is 0. The van der Waals surface area contributed by atoms with Crippen molar-refractivity contribution in [2.24, 2.45) is 5.92 Å². The maximum absolute atomic E-state index is 11.6. The third-order valence-electron chi connectivity index (χ3n) is 2.53. The number of rotatable bonds is 5. The Hall–Kier alpha value is -2.11. The number of esters is 1. The summed E-state index contributed by atoms with van der Waals surface area (Å²) in [5.41, 5.74) is 0.249. The quantitative estimate of drug-likeness (QED) is 0.493. The van der Waals surface area contributed by atoms with Crippen molar-refractivity contribution in [1.82, 2.24) is 0 Å². The van der Waals surface area contributed by atoms with Gasteiger partial charge in [-0.05, 0) is 12.0 Å². The minimum absolute atomic E-state index is 0.0442. The lowest BCUT2D eigenvalue weighted by atomic mass is 10.0. The second-order valence-corrected chi connectivity index (χ2v) is 4.16. The standard InChI is InChI=1S/C12H16N2O4/c1-8(2)11(12(15)18-3)13-9-6-4-5-7-10(9)14(16)17/h4-8,11,13H,1-3H3/t11-/m0/s1. The van der Waals surface area contributed by atoms with E-state index >= 15 is 0 Å². The van der Waals surface area contributed by atoms with Gasteiger partial charge in [0.25, 0.3) is 5.69 Å². The fraction of sp³-hybridized carbons (Fsp3) is 0.417. The number of nitrogens with zero attached hydrogens (tertiary/aromatic N) is 1. The fourth-order valence-corrected chi connectivity index (χ4v) is 1.55. The van der Waals surface area contributed by atoms with Gasteiger partial charge in [0.1, 0.15) is 11.7 Å². The van der Waals surface area contributed by atoms with Crippen molar-refractivity contribution < 1.29 is 14.5 Å². The van der Waals surface area contributed by atoms with Crippen LogP contribution in [0.15, 0.2) is 24.3 Å². The predicted molar refractivity (Wildman–Crippen MR) is 67.4 cm³/mol. The number of methoxy groups -OCH3 is 1. The maximum Gasteiger partial charge on any atom is 0.328 e. The predicted octanol–water partition coefficient (Wildman–Crippen LogP) is 2.20. The van der Waals surface area contributed by atoms with Crippen molar-refractivity contribution in [2.45, 2.75) is 19.9 Å². The first-order chi connectivity index (χ1) is 8.47. The average molecular weight is 252 g/mol. The molecule has 98 valence electrons. The maximum atomic E-state index is 11.6. The smallest absolute Gasteiger partial charge is 0.328 e. The molecule has 1 rings (SSSR count). The minimum atomic E-state index is -0.615. The van der Waals surface area contributed by atoms with E-state index in [1.807, 2.05) is 13.8 Å². The highest BCUT2D eigenvalue weighted by Gasteiger charge is 2.25. The summed E-state index contributed by atoms with van der Waals surface area (Å²) < 4.78 is 4.67. The number of nitro groups is 1. The number of anilines is 1. The zero-order chi connectivity index (χ0) is 13.7. The third kappa shape index (κ3) is 3.19. The van der Waals surface area contributed by atoms with Gasteiger partial charge in [-0.25, -0.2) is 4.79 Å². The van der Waals surface area contributed by atoms with E-state index in [0.717, 1.165) is 0 Å². The molecule has 1 aromatic carbocycles. The zero-order valence-corrected chi connectivity index (χ0v) is 10.5. The van der Waals surface area contributed by atoms with Gasteiger partial charge in [0.15, 0.2) is 0 Å². The molecule has 0 aliphatic carbocycles. The van der Waals surface area contributed by atoms with E-state index in [1.165, 1.54) is 13.2 Å². The number of ether oxygens (including phenoxy) is 1. The minimum Gasteiger partial charge on any atom is -0.467 e. The summed E-state index contributed by atoms with van der Waals surface area (Å²) in [5.74, 6) is -0.486. The van der Waals surface area contributed by atoms with Gasteiger partial charge in [0.05, 0.1) is 12.0 Å². The summed E-state index contributed by atoms with van der Waals surface area (Å²) in [6.07, 6.45) is 0. The number of carbonyl (C=O) groups is 1. The van der Waals surface area contributed by atoms with E-state index in [2.05, 4.69) is 10.1 Å². The number of hydrogen-bond acceptors (Lipinski definition) is 5. The van der Waals surface area contributed by atoms with Crippen LogP contribution in [0.5, 0.6) is 0 Å². The van der Waals surface area contributed by atoms with Crippen molar-refractivity contribution in [1.29, 1.82) is 0 Å². The van der Waals surface area contributed by atoms with Gasteiger partial charge in [-0.3, -0.25) is 10.1 Å². The molecule has 0 heterocycles. The lowest BCUT2D eigenvalue weighted by Crippen LogP contribution is -2.35. The fourth-order valence-electron chi connectivity index (χ4n) is 1.55. The van der Waals surface area contributed by atoms with Crippen molar-refractivity contribution >= 4 is 17.3 Å². The Kier molecular flexibility index (Phi) is 4.65. The van der Waals surface area contributed by atoms with Gasteiger partial charge in [-0.15, -0.1) is 0 Å². The number of carbonyl (C=O) groups excluding carboxylic acids is 1. The molecular formula is C12H16N2O4. The van der Waals surface area contributed by atoms with Gasteiger partial charge >= 0.3 is 5.97 Å². The topological polar surface area (TPSA) is 81.5 Å². The molecule has 1 atom stereocenters. The molecule has 0 radical (unpaired) electrons. The lowest BCUT2D eigenvalue weighted by molar-refractivity contribution is -0.384. The summed E-state index contributed by atoms with van der Waals surface area (Å²) in [5, 5.41) is 13.7. The van der Waals surface area contributed by atoms with Crippen LogP contribution in [-0.2, 0) is 9.53 Å². The third-order valence-corrected chi connectivity index (χ3v) is 2.53. The van der Waals surface area contributed by atoms with Crippen LogP contribution < -0.4 is 5.32 Å². The van der Waals surface area contributed by atoms with Crippen LogP contribution in [0.1, 0.15) is 13.8 Å². The van der Waals surface area contributed by atoms with Crippen LogP contribution in [0.25, 0.3) is 0 Å². The van der Waals surface area contributed by atoms with E-state index in [1.54, 1.807) is 18.2 Å². The molecule has 0 amide bonds. The molecule has 0 saturated carbocycles. The molecule has 0 fully saturated rings. The van der Waals surface area contributed by atoms with Gasteiger partial charge in [0, 0.05) is 6.07 Å². The van der Waals surface area contributed by atoms with Crippen molar-refractivity contribution in [3.05, 3.63) is 34.4 Å². The highest BCUT2D eigenvalue weighted by Crippen LogP contribution is 2.25. The van der Waals surface area contributed by atoms with Crippen molar-refractivity contribution in [3.8, 4) is 0 Å². The molecule has 1 aromatic rings. The molecule has 6 nitrogen and oxygen atoms in total. The number of nitrogens with one attached hydrogen (secondary N) is 1. The Balaban J connectivity index is 3.01. The Morgan fingerprint density at radius 1 is 1.39 bits per heavy atom. The normalized spacial score (nSPS) is 12.0. The van der Waals surface area contributed by atoms with Crippen molar-refractivity contribution in [2.75, 3.05) is 12.4 Å². The SMILES string of the molecule is COC(=O)[C@@H](Nc1ccccc1[N+](=O)[O-])C(C)C. The first-order valence-corrected chi connectivity index (χ1v) is 5.55. The van der Waals surface area contributed by atoms with Crippen LogP contribution in [0.2, 0.25) is 0 Å². The van der Waals surface area contributed by atoms with Crippen molar-refractivity contribution in [3.63, 3.8) is 0 Å². The summed E-state index contributed by atoms with van der Waals surface area (Å²) in [6.45, 7) is 3.67. The molecule has 0 aliphatic heterocycles. The second-order valence-electron chi connectivity index (χ2n) is 4.16. The first kappa shape index (κ1) is 14.0. The van der Waals surface area contributed by atoms with E-state index in [4.69, 9.17) is 0 Å². The largest absolute Gasteiger partial charge is 0.467 e. The van der Waals surface area contributed by atoms with Gasteiger partial charge < -0.3 is 10.1 Å². The number of para-hydroxylation sites is 2. The molecule has 0 saturated heterocycles. The molecule has 6 heteroatoms. The molecule has 0 bridgehead atoms. The second kappa shape index (κ2) is 6.00. The Morgan fingerprint density at radius 2 is 2.00 bits per heavy atom. The summed E-state index contributed by atoms with van der Waals surface area (Å²) in [4.78, 5) is 22.0. The van der Waals surface area contributed by atoms with E-state index in [9.17, 15) is 14.9 Å². The molecule has 18 heavy (non-hydrogen) atoms. The lowest BCUT2D eigenvalue weighted by Gasteiger charge is -2.20.